The summed E-state index contributed by atoms with van der Waals surface area (Å²) in [6, 6.07) is 0. The summed E-state index contributed by atoms with van der Waals surface area (Å²) >= 11 is 1.67. The minimum absolute atomic E-state index is 0.338. The van der Waals surface area contributed by atoms with Crippen molar-refractivity contribution in [1.82, 2.24) is 4.98 Å². The smallest absolute Gasteiger partial charge is 0.201 e. The second-order valence-electron chi connectivity index (χ2n) is 3.91. The van der Waals surface area contributed by atoms with E-state index in [1.807, 2.05) is 5.38 Å². The topological polar surface area (TPSA) is 34.6 Å². The predicted molar refractivity (Wildman–Crippen MR) is 64.9 cm³/mol. The molecule has 1 fully saturated rings. The van der Waals surface area contributed by atoms with E-state index >= 15 is 0 Å². The molecule has 1 aliphatic rings. The van der Waals surface area contributed by atoms with Gasteiger partial charge in [-0.15, -0.1) is 11.3 Å². The van der Waals surface area contributed by atoms with Gasteiger partial charge >= 0.3 is 0 Å². The molecule has 4 nitrogen and oxygen atoms in total. The summed E-state index contributed by atoms with van der Waals surface area (Å²) in [5.74, 6) is 0. The van der Waals surface area contributed by atoms with Gasteiger partial charge in [-0.05, 0) is 19.3 Å². The number of thiazole rings is 1. The number of aromatic nitrogens is 1. The molecule has 0 atom stereocenters. The van der Waals surface area contributed by atoms with Gasteiger partial charge in [0.15, 0.2) is 5.13 Å². The molecule has 1 aliphatic heterocycles. The average molecular weight is 242 g/mol. The van der Waals surface area contributed by atoms with E-state index in [4.69, 9.17) is 9.47 Å². The molecule has 16 heavy (non-hydrogen) atoms. The van der Waals surface area contributed by atoms with Gasteiger partial charge in [0.1, 0.15) is 5.69 Å². The second kappa shape index (κ2) is 5.61. The number of hydrogen-bond acceptors (Lipinski definition) is 5. The first-order valence-electron chi connectivity index (χ1n) is 5.61. The maximum atomic E-state index is 5.19. The van der Waals surface area contributed by atoms with Crippen molar-refractivity contribution in [2.75, 3.05) is 32.2 Å². The van der Waals surface area contributed by atoms with Crippen molar-refractivity contribution in [3.05, 3.63) is 11.1 Å². The van der Waals surface area contributed by atoms with Crippen LogP contribution in [0.3, 0.4) is 0 Å². The maximum Gasteiger partial charge on any atom is 0.201 e. The summed E-state index contributed by atoms with van der Waals surface area (Å²) < 4.78 is 10.4. The van der Waals surface area contributed by atoms with E-state index in [2.05, 4.69) is 9.88 Å². The highest BCUT2D eigenvalue weighted by Gasteiger charge is 2.18. The average Bonchev–Trinajstić information content (AvgIpc) is 2.81. The van der Waals surface area contributed by atoms with E-state index in [0.717, 1.165) is 23.9 Å². The third-order valence-electron chi connectivity index (χ3n) is 2.81. The van der Waals surface area contributed by atoms with E-state index in [1.54, 1.807) is 25.6 Å². The van der Waals surface area contributed by atoms with Gasteiger partial charge in [-0.1, -0.05) is 0 Å². The molecule has 5 heteroatoms. The van der Waals surface area contributed by atoms with E-state index in [-0.39, 0.29) is 6.29 Å². The van der Waals surface area contributed by atoms with Crippen molar-refractivity contribution in [3.63, 3.8) is 0 Å². The van der Waals surface area contributed by atoms with E-state index in [9.17, 15) is 0 Å². The number of ether oxygens (including phenoxy) is 2. The van der Waals surface area contributed by atoms with Gasteiger partial charge in [-0.2, -0.15) is 0 Å². The Labute approximate surface area is 100 Å². The lowest BCUT2D eigenvalue weighted by molar-refractivity contribution is -0.108. The number of rotatable bonds is 4. The Kier molecular flexibility index (Phi) is 4.15. The van der Waals surface area contributed by atoms with Crippen molar-refractivity contribution in [1.29, 1.82) is 0 Å². The van der Waals surface area contributed by atoms with E-state index in [0.29, 0.717) is 0 Å². The van der Waals surface area contributed by atoms with Gasteiger partial charge in [-0.25, -0.2) is 4.98 Å². The highest BCUT2D eigenvalue weighted by atomic mass is 32.1. The van der Waals surface area contributed by atoms with E-state index in [1.165, 1.54) is 19.3 Å². The number of piperidine rings is 1. The Morgan fingerprint density at radius 3 is 2.56 bits per heavy atom. The Morgan fingerprint density at radius 1 is 1.25 bits per heavy atom. The number of methoxy groups -OCH3 is 2. The fraction of sp³-hybridized carbons (Fsp3) is 0.727. The molecule has 0 amide bonds. The van der Waals surface area contributed by atoms with E-state index < -0.39 is 0 Å². The maximum absolute atomic E-state index is 5.19. The quantitative estimate of drug-likeness (QED) is 0.759. The number of anilines is 1. The molecule has 0 unspecified atom stereocenters. The molecule has 1 aromatic heterocycles. The van der Waals surface area contributed by atoms with Crippen LogP contribution in [0.1, 0.15) is 31.2 Å². The Hall–Kier alpha value is -0.650. The van der Waals surface area contributed by atoms with Gasteiger partial charge in [0, 0.05) is 32.7 Å². The monoisotopic (exact) mass is 242 g/mol. The summed E-state index contributed by atoms with van der Waals surface area (Å²) in [6.07, 6.45) is 3.54. The van der Waals surface area contributed by atoms with Gasteiger partial charge in [0.2, 0.25) is 6.29 Å². The van der Waals surface area contributed by atoms with Gasteiger partial charge < -0.3 is 14.4 Å². The van der Waals surface area contributed by atoms with Crippen LogP contribution in [0.15, 0.2) is 5.38 Å². The zero-order chi connectivity index (χ0) is 11.4. The first-order valence-corrected chi connectivity index (χ1v) is 6.49. The van der Waals surface area contributed by atoms with Crippen LogP contribution in [0.2, 0.25) is 0 Å². The lowest BCUT2D eigenvalue weighted by atomic mass is 10.1. The van der Waals surface area contributed by atoms with Crippen molar-refractivity contribution in [3.8, 4) is 0 Å². The van der Waals surface area contributed by atoms with Crippen LogP contribution < -0.4 is 4.90 Å². The molecule has 0 aromatic carbocycles. The normalized spacial score (nSPS) is 17.1. The molecule has 90 valence electrons. The van der Waals surface area contributed by atoms with Crippen LogP contribution >= 0.6 is 11.3 Å². The summed E-state index contributed by atoms with van der Waals surface area (Å²) in [6.45, 7) is 2.25. The Bertz CT molecular complexity index is 320. The molecule has 2 heterocycles. The number of nitrogens with zero attached hydrogens (tertiary/aromatic N) is 2. The first-order chi connectivity index (χ1) is 7.85. The molecule has 0 aliphatic carbocycles. The standard InChI is InChI=1S/C11H18N2O2S/c1-14-10(15-2)9-8-16-11(12-9)13-6-4-3-5-7-13/h8,10H,3-7H2,1-2H3. The molecular formula is C11H18N2O2S. The minimum atomic E-state index is -0.338. The van der Waals surface area contributed by atoms with Crippen molar-refractivity contribution >= 4 is 16.5 Å². The lowest BCUT2D eigenvalue weighted by Gasteiger charge is -2.25. The summed E-state index contributed by atoms with van der Waals surface area (Å²) in [5.41, 5.74) is 0.871. The van der Waals surface area contributed by atoms with Crippen LogP contribution in [0.5, 0.6) is 0 Å². The van der Waals surface area contributed by atoms with Crippen molar-refractivity contribution in [2.45, 2.75) is 25.6 Å². The molecule has 1 aromatic rings. The van der Waals surface area contributed by atoms with Crippen molar-refractivity contribution < 1.29 is 9.47 Å². The van der Waals surface area contributed by atoms with Crippen LogP contribution in [-0.4, -0.2) is 32.3 Å². The zero-order valence-electron chi connectivity index (χ0n) is 9.81. The van der Waals surface area contributed by atoms with Crippen LogP contribution in [0.4, 0.5) is 5.13 Å². The summed E-state index contributed by atoms with van der Waals surface area (Å²) in [5, 5.41) is 3.11. The predicted octanol–water partition coefficient (Wildman–Crippen LogP) is 2.42. The fourth-order valence-electron chi connectivity index (χ4n) is 1.95. The summed E-state index contributed by atoms with van der Waals surface area (Å²) in [7, 11) is 3.27. The van der Waals surface area contributed by atoms with Crippen LogP contribution in [0, 0.1) is 0 Å². The fourth-order valence-corrected chi connectivity index (χ4v) is 2.83. The molecule has 0 radical (unpaired) electrons. The SMILES string of the molecule is COC(OC)c1csc(N2CCCCC2)n1. The molecule has 0 bridgehead atoms. The summed E-state index contributed by atoms with van der Waals surface area (Å²) in [4.78, 5) is 6.92. The highest BCUT2D eigenvalue weighted by molar-refractivity contribution is 7.13. The molecule has 1 saturated heterocycles. The third kappa shape index (κ3) is 2.53. The highest BCUT2D eigenvalue weighted by Crippen LogP contribution is 2.27. The zero-order valence-corrected chi connectivity index (χ0v) is 10.6. The molecule has 0 saturated carbocycles. The van der Waals surface area contributed by atoms with Gasteiger partial charge in [0.25, 0.3) is 0 Å². The van der Waals surface area contributed by atoms with Crippen LogP contribution in [0.25, 0.3) is 0 Å². The minimum Gasteiger partial charge on any atom is -0.350 e. The Balaban J connectivity index is 2.05. The molecule has 0 spiro atoms. The molecule has 2 rings (SSSR count). The lowest BCUT2D eigenvalue weighted by Crippen LogP contribution is -2.29. The first kappa shape index (κ1) is 11.8. The number of hydrogen-bond donors (Lipinski definition) is 0. The Morgan fingerprint density at radius 2 is 1.94 bits per heavy atom. The second-order valence-corrected chi connectivity index (χ2v) is 4.74. The van der Waals surface area contributed by atoms with Gasteiger partial charge in [-0.3, -0.25) is 0 Å². The largest absolute Gasteiger partial charge is 0.350 e. The van der Waals surface area contributed by atoms with Crippen LogP contribution in [-0.2, 0) is 9.47 Å². The third-order valence-corrected chi connectivity index (χ3v) is 3.73. The van der Waals surface area contributed by atoms with Crippen molar-refractivity contribution in [2.24, 2.45) is 0 Å². The molecular weight excluding hydrogens is 224 g/mol. The van der Waals surface area contributed by atoms with Gasteiger partial charge in [0.05, 0.1) is 0 Å². The molecule has 0 N–H and O–H groups in total.